The number of rotatable bonds is 4. The van der Waals surface area contributed by atoms with E-state index >= 15 is 0 Å². The average Bonchev–Trinajstić information content (AvgIpc) is 3.32. The monoisotopic (exact) mass is 408 g/mol. The van der Waals surface area contributed by atoms with Crippen molar-refractivity contribution < 1.29 is 13.2 Å². The Labute approximate surface area is 159 Å². The Kier molecular flexibility index (Phi) is 4.74. The van der Waals surface area contributed by atoms with Gasteiger partial charge in [-0.2, -0.15) is 13.1 Å². The number of aromatic nitrogens is 2. The summed E-state index contributed by atoms with van der Waals surface area (Å²) in [6.07, 6.45) is 0.369. The highest BCUT2D eigenvalue weighted by Crippen LogP contribution is 2.25. The van der Waals surface area contributed by atoms with Crippen LogP contribution in [0, 0.1) is 0 Å². The quantitative estimate of drug-likeness (QED) is 0.658. The molecule has 0 unspecified atom stereocenters. The molecule has 2 aromatic heterocycles. The molecular formula is C16H16N4O3S3. The van der Waals surface area contributed by atoms with E-state index < -0.39 is 10.0 Å². The maximum atomic E-state index is 13.0. The number of carbonyl (C=O) groups is 1. The van der Waals surface area contributed by atoms with Crippen LogP contribution in [-0.4, -0.2) is 58.5 Å². The molecule has 1 aliphatic heterocycles. The molecule has 1 fully saturated rings. The predicted molar refractivity (Wildman–Crippen MR) is 101 cm³/mol. The fourth-order valence-electron chi connectivity index (χ4n) is 2.98. The highest BCUT2D eigenvalue weighted by molar-refractivity contribution is 7.89. The van der Waals surface area contributed by atoms with Gasteiger partial charge in [-0.15, -0.1) is 11.3 Å². The molecule has 0 bridgehead atoms. The SMILES string of the molecule is O=C(Cc1cccs1)N1CCN(S(=O)(=O)c2cccc3nsnc23)CC1. The molecule has 10 heteroatoms. The molecule has 136 valence electrons. The molecule has 1 saturated heterocycles. The maximum Gasteiger partial charge on any atom is 0.245 e. The second kappa shape index (κ2) is 7.03. The van der Waals surface area contributed by atoms with Crippen LogP contribution in [0.1, 0.15) is 4.88 Å². The summed E-state index contributed by atoms with van der Waals surface area (Å²) in [4.78, 5) is 15.3. The Hall–Kier alpha value is -1.88. The lowest BCUT2D eigenvalue weighted by Crippen LogP contribution is -2.50. The molecule has 0 saturated carbocycles. The average molecular weight is 409 g/mol. The predicted octanol–water partition coefficient (Wildman–Crippen LogP) is 1.83. The van der Waals surface area contributed by atoms with Crippen LogP contribution in [0.25, 0.3) is 11.0 Å². The third-order valence-electron chi connectivity index (χ3n) is 4.36. The molecule has 3 aromatic rings. The summed E-state index contributed by atoms with van der Waals surface area (Å²) in [5, 5.41) is 1.95. The van der Waals surface area contributed by atoms with Crippen molar-refractivity contribution in [3.63, 3.8) is 0 Å². The van der Waals surface area contributed by atoms with Gasteiger partial charge in [0.1, 0.15) is 15.9 Å². The smallest absolute Gasteiger partial charge is 0.245 e. The number of fused-ring (bicyclic) bond motifs is 1. The van der Waals surface area contributed by atoms with E-state index in [1.165, 1.54) is 4.31 Å². The van der Waals surface area contributed by atoms with Crippen molar-refractivity contribution in [2.75, 3.05) is 26.2 Å². The van der Waals surface area contributed by atoms with Crippen molar-refractivity contribution in [2.45, 2.75) is 11.3 Å². The molecule has 0 spiro atoms. The summed E-state index contributed by atoms with van der Waals surface area (Å²) in [6.45, 7) is 1.36. The van der Waals surface area contributed by atoms with E-state index in [4.69, 9.17) is 0 Å². The fraction of sp³-hybridized carbons (Fsp3) is 0.312. The van der Waals surface area contributed by atoms with Crippen LogP contribution in [0.15, 0.2) is 40.6 Å². The Balaban J connectivity index is 1.47. The Morgan fingerprint density at radius 3 is 2.62 bits per heavy atom. The number of carbonyl (C=O) groups excluding carboxylic acids is 1. The van der Waals surface area contributed by atoms with E-state index in [1.807, 2.05) is 17.5 Å². The van der Waals surface area contributed by atoms with Gasteiger partial charge in [-0.25, -0.2) is 8.42 Å². The highest BCUT2D eigenvalue weighted by atomic mass is 32.2. The second-order valence-corrected chi connectivity index (χ2v) is 9.40. The van der Waals surface area contributed by atoms with Gasteiger partial charge in [0.05, 0.1) is 18.1 Å². The van der Waals surface area contributed by atoms with Gasteiger partial charge in [0.2, 0.25) is 15.9 Å². The summed E-state index contributed by atoms with van der Waals surface area (Å²) in [6, 6.07) is 8.85. The number of piperazine rings is 1. The van der Waals surface area contributed by atoms with Crippen molar-refractivity contribution in [1.29, 1.82) is 0 Å². The van der Waals surface area contributed by atoms with Gasteiger partial charge >= 0.3 is 0 Å². The fourth-order valence-corrected chi connectivity index (χ4v) is 5.85. The van der Waals surface area contributed by atoms with Crippen molar-refractivity contribution in [2.24, 2.45) is 0 Å². The molecule has 0 aliphatic carbocycles. The zero-order chi connectivity index (χ0) is 18.1. The minimum atomic E-state index is -3.66. The number of benzene rings is 1. The molecule has 3 heterocycles. The lowest BCUT2D eigenvalue weighted by Gasteiger charge is -2.34. The van der Waals surface area contributed by atoms with E-state index in [9.17, 15) is 13.2 Å². The van der Waals surface area contributed by atoms with Crippen LogP contribution >= 0.6 is 23.1 Å². The van der Waals surface area contributed by atoms with Crippen LogP contribution < -0.4 is 0 Å². The van der Waals surface area contributed by atoms with Gasteiger partial charge in [-0.3, -0.25) is 4.79 Å². The molecule has 1 aromatic carbocycles. The van der Waals surface area contributed by atoms with E-state index in [0.717, 1.165) is 16.6 Å². The van der Waals surface area contributed by atoms with E-state index in [0.29, 0.717) is 30.5 Å². The van der Waals surface area contributed by atoms with E-state index in [1.54, 1.807) is 34.4 Å². The zero-order valence-corrected chi connectivity index (χ0v) is 16.2. The number of thiophene rings is 1. The number of amides is 1. The van der Waals surface area contributed by atoms with Crippen molar-refractivity contribution >= 4 is 50.0 Å². The number of hydrogen-bond donors (Lipinski definition) is 0. The van der Waals surface area contributed by atoms with Crippen LogP contribution in [-0.2, 0) is 21.2 Å². The zero-order valence-electron chi connectivity index (χ0n) is 13.7. The number of nitrogens with zero attached hydrogens (tertiary/aromatic N) is 4. The topological polar surface area (TPSA) is 83.5 Å². The Bertz CT molecular complexity index is 1020. The van der Waals surface area contributed by atoms with Crippen molar-refractivity contribution in [3.05, 3.63) is 40.6 Å². The first-order chi connectivity index (χ1) is 12.6. The molecule has 0 N–H and O–H groups in total. The molecule has 7 nitrogen and oxygen atoms in total. The van der Waals surface area contributed by atoms with Gasteiger partial charge in [-0.05, 0) is 23.6 Å². The highest BCUT2D eigenvalue weighted by Gasteiger charge is 2.31. The molecule has 0 radical (unpaired) electrons. The largest absolute Gasteiger partial charge is 0.340 e. The molecule has 26 heavy (non-hydrogen) atoms. The minimum Gasteiger partial charge on any atom is -0.340 e. The summed E-state index contributed by atoms with van der Waals surface area (Å²) in [5.41, 5.74) is 0.995. The first-order valence-electron chi connectivity index (χ1n) is 8.07. The van der Waals surface area contributed by atoms with Gasteiger partial charge in [0, 0.05) is 31.1 Å². The number of sulfonamides is 1. The van der Waals surface area contributed by atoms with Gasteiger partial charge in [-0.1, -0.05) is 12.1 Å². The first kappa shape index (κ1) is 17.5. The third-order valence-corrected chi connectivity index (χ3v) is 7.71. The molecule has 0 atom stereocenters. The summed E-state index contributed by atoms with van der Waals surface area (Å²) in [5.74, 6) is 0.0373. The summed E-state index contributed by atoms with van der Waals surface area (Å²) in [7, 11) is -3.66. The maximum absolute atomic E-state index is 13.0. The lowest BCUT2D eigenvalue weighted by molar-refractivity contribution is -0.131. The van der Waals surface area contributed by atoms with E-state index in [2.05, 4.69) is 8.75 Å². The Morgan fingerprint density at radius 2 is 1.88 bits per heavy atom. The Morgan fingerprint density at radius 1 is 1.08 bits per heavy atom. The van der Waals surface area contributed by atoms with Crippen molar-refractivity contribution in [3.8, 4) is 0 Å². The minimum absolute atomic E-state index is 0.0373. The van der Waals surface area contributed by atoms with E-state index in [-0.39, 0.29) is 23.9 Å². The first-order valence-corrected chi connectivity index (χ1v) is 11.1. The van der Waals surface area contributed by atoms with Gasteiger partial charge in [0.25, 0.3) is 0 Å². The lowest BCUT2D eigenvalue weighted by atomic mass is 10.3. The summed E-state index contributed by atoms with van der Waals surface area (Å²) < 4.78 is 35.6. The molecule has 4 rings (SSSR count). The van der Waals surface area contributed by atoms with Crippen LogP contribution in [0.4, 0.5) is 0 Å². The second-order valence-electron chi connectivity index (χ2n) is 5.93. The van der Waals surface area contributed by atoms with Crippen LogP contribution in [0.5, 0.6) is 0 Å². The molecular weight excluding hydrogens is 392 g/mol. The standard InChI is InChI=1S/C16H16N4O3S3/c21-15(11-12-3-2-10-24-12)19-6-8-20(9-7-19)26(22,23)14-5-1-4-13-16(14)18-25-17-13/h1-5,10H,6-9,11H2. The van der Waals surface area contributed by atoms with Crippen molar-refractivity contribution in [1.82, 2.24) is 18.0 Å². The molecule has 1 amide bonds. The van der Waals surface area contributed by atoms with Gasteiger partial charge < -0.3 is 4.90 Å². The summed E-state index contributed by atoms with van der Waals surface area (Å²) >= 11 is 2.55. The normalized spacial score (nSPS) is 16.2. The van der Waals surface area contributed by atoms with Crippen LogP contribution in [0.2, 0.25) is 0 Å². The van der Waals surface area contributed by atoms with Gasteiger partial charge in [0.15, 0.2) is 0 Å². The third kappa shape index (κ3) is 3.25. The number of hydrogen-bond acceptors (Lipinski definition) is 7. The van der Waals surface area contributed by atoms with Crippen LogP contribution in [0.3, 0.4) is 0 Å². The molecule has 1 aliphatic rings.